The highest BCUT2D eigenvalue weighted by atomic mass is 16.5. The van der Waals surface area contributed by atoms with E-state index in [4.69, 9.17) is 14.2 Å². The van der Waals surface area contributed by atoms with E-state index in [1.165, 1.54) is 0 Å². The van der Waals surface area contributed by atoms with Crippen LogP contribution in [0.3, 0.4) is 0 Å². The van der Waals surface area contributed by atoms with Crippen molar-refractivity contribution in [2.45, 2.75) is 18.6 Å². The predicted molar refractivity (Wildman–Crippen MR) is 97.1 cm³/mol. The van der Waals surface area contributed by atoms with Crippen molar-refractivity contribution in [3.8, 4) is 34.1 Å². The molecular formula is C20H23NO5. The summed E-state index contributed by atoms with van der Waals surface area (Å²) in [5, 5.41) is 21.1. The molecule has 6 heteroatoms. The second kappa shape index (κ2) is 6.07. The van der Waals surface area contributed by atoms with Crippen molar-refractivity contribution in [2.24, 2.45) is 0 Å². The van der Waals surface area contributed by atoms with Crippen LogP contribution < -0.4 is 9.47 Å². The van der Waals surface area contributed by atoms with Gasteiger partial charge in [-0.25, -0.2) is 0 Å². The highest BCUT2D eigenvalue weighted by Crippen LogP contribution is 2.55. The largest absolute Gasteiger partial charge is 0.504 e. The van der Waals surface area contributed by atoms with Crippen molar-refractivity contribution in [1.82, 2.24) is 4.90 Å². The molecule has 6 nitrogen and oxygen atoms in total. The smallest absolute Gasteiger partial charge is 0.165 e. The summed E-state index contributed by atoms with van der Waals surface area (Å²) >= 11 is 0. The van der Waals surface area contributed by atoms with Crippen LogP contribution in [0.5, 0.6) is 23.0 Å². The number of ether oxygens (including phenoxy) is 3. The molecule has 1 heterocycles. The van der Waals surface area contributed by atoms with Gasteiger partial charge in [-0.3, -0.25) is 4.90 Å². The zero-order valence-electron chi connectivity index (χ0n) is 15.4. The standard InChI is InChI=1S/C20H23NO5/c1-21-9-17(26-4)12-7-14(22)20(23)19-11-8-16(25-3)15(24-2)6-10(11)5-13(21)18(12)19/h6-8,13,17,22-23H,5,9H2,1-4H3/t13-,17-/m0/s1. The summed E-state index contributed by atoms with van der Waals surface area (Å²) in [6, 6.07) is 5.56. The number of benzene rings is 2. The van der Waals surface area contributed by atoms with Crippen molar-refractivity contribution >= 4 is 0 Å². The van der Waals surface area contributed by atoms with Gasteiger partial charge in [0.15, 0.2) is 23.0 Å². The average Bonchev–Trinajstić information content (AvgIpc) is 2.65. The third-order valence-electron chi connectivity index (χ3n) is 5.59. The number of likely N-dealkylation sites (N-methyl/N-ethyl adjacent to an activating group) is 1. The number of aromatic hydroxyl groups is 2. The van der Waals surface area contributed by atoms with Crippen molar-refractivity contribution in [3.63, 3.8) is 0 Å². The third-order valence-corrected chi connectivity index (χ3v) is 5.59. The molecule has 0 fully saturated rings. The van der Waals surface area contributed by atoms with Crippen LogP contribution in [0.25, 0.3) is 11.1 Å². The Morgan fingerprint density at radius 3 is 2.38 bits per heavy atom. The maximum absolute atomic E-state index is 10.7. The van der Waals surface area contributed by atoms with Gasteiger partial charge in [-0.05, 0) is 53.9 Å². The molecule has 0 radical (unpaired) electrons. The second-order valence-electron chi connectivity index (χ2n) is 6.87. The Morgan fingerprint density at radius 2 is 1.73 bits per heavy atom. The van der Waals surface area contributed by atoms with E-state index in [1.54, 1.807) is 27.4 Å². The van der Waals surface area contributed by atoms with E-state index in [2.05, 4.69) is 11.9 Å². The van der Waals surface area contributed by atoms with Gasteiger partial charge < -0.3 is 24.4 Å². The van der Waals surface area contributed by atoms with Crippen LogP contribution in [-0.4, -0.2) is 50.0 Å². The van der Waals surface area contributed by atoms with E-state index in [0.717, 1.165) is 35.2 Å². The maximum Gasteiger partial charge on any atom is 0.165 e. The Kier molecular flexibility index (Phi) is 3.97. The van der Waals surface area contributed by atoms with Gasteiger partial charge in [0.2, 0.25) is 0 Å². The SMILES string of the molecule is COc1cc2c(cc1OC)-c1c(O)c(O)cc3c1[C@H](C2)N(C)C[C@@H]3OC. The lowest BCUT2D eigenvalue weighted by Gasteiger charge is -2.43. The summed E-state index contributed by atoms with van der Waals surface area (Å²) in [7, 11) is 6.92. The van der Waals surface area contributed by atoms with Gasteiger partial charge in [0, 0.05) is 25.3 Å². The lowest BCUT2D eigenvalue weighted by Crippen LogP contribution is -2.38. The highest BCUT2D eigenvalue weighted by molar-refractivity contribution is 5.84. The Morgan fingerprint density at radius 1 is 1.04 bits per heavy atom. The molecule has 4 rings (SSSR count). The van der Waals surface area contributed by atoms with E-state index in [1.807, 2.05) is 12.1 Å². The van der Waals surface area contributed by atoms with E-state index >= 15 is 0 Å². The average molecular weight is 357 g/mol. The molecule has 138 valence electrons. The number of fused-ring (bicyclic) bond motifs is 2. The van der Waals surface area contributed by atoms with Gasteiger partial charge in [0.1, 0.15) is 0 Å². The first-order chi connectivity index (χ1) is 12.5. The molecule has 1 aliphatic carbocycles. The molecule has 0 saturated heterocycles. The first kappa shape index (κ1) is 17.0. The lowest BCUT2D eigenvalue weighted by atomic mass is 9.76. The molecule has 0 spiro atoms. The van der Waals surface area contributed by atoms with Crippen molar-refractivity contribution in [2.75, 3.05) is 34.9 Å². The molecule has 2 atom stereocenters. The van der Waals surface area contributed by atoms with Gasteiger partial charge in [0.25, 0.3) is 0 Å². The fourth-order valence-corrected chi connectivity index (χ4v) is 4.29. The summed E-state index contributed by atoms with van der Waals surface area (Å²) < 4.78 is 16.5. The van der Waals surface area contributed by atoms with Gasteiger partial charge >= 0.3 is 0 Å². The number of phenolic OH excluding ortho intramolecular Hbond substituents is 2. The molecule has 0 saturated carbocycles. The molecule has 26 heavy (non-hydrogen) atoms. The number of phenols is 2. The topological polar surface area (TPSA) is 71.4 Å². The van der Waals surface area contributed by atoms with Crippen LogP contribution in [0.1, 0.15) is 28.8 Å². The molecule has 2 aromatic rings. The first-order valence-corrected chi connectivity index (χ1v) is 8.57. The fourth-order valence-electron chi connectivity index (χ4n) is 4.29. The van der Waals surface area contributed by atoms with Crippen LogP contribution in [0.2, 0.25) is 0 Å². The zero-order chi connectivity index (χ0) is 18.6. The number of nitrogens with zero attached hydrogens (tertiary/aromatic N) is 1. The predicted octanol–water partition coefficient (Wildman–Crippen LogP) is 3.01. The zero-order valence-corrected chi connectivity index (χ0v) is 15.4. The third kappa shape index (κ3) is 2.26. The normalized spacial score (nSPS) is 21.1. The van der Waals surface area contributed by atoms with Crippen molar-refractivity contribution < 1.29 is 24.4 Å². The lowest BCUT2D eigenvalue weighted by molar-refractivity contribution is 0.0418. The van der Waals surface area contributed by atoms with E-state index in [-0.39, 0.29) is 23.6 Å². The molecular weight excluding hydrogens is 334 g/mol. The minimum Gasteiger partial charge on any atom is -0.504 e. The second-order valence-corrected chi connectivity index (χ2v) is 6.87. The summed E-state index contributed by atoms with van der Waals surface area (Å²) in [4.78, 5) is 2.23. The summed E-state index contributed by atoms with van der Waals surface area (Å²) in [5.74, 6) is 1.01. The molecule has 0 aromatic heterocycles. The Balaban J connectivity index is 2.05. The maximum atomic E-state index is 10.7. The van der Waals surface area contributed by atoms with Gasteiger partial charge in [0.05, 0.1) is 20.3 Å². The van der Waals surface area contributed by atoms with Crippen LogP contribution in [0.15, 0.2) is 18.2 Å². The van der Waals surface area contributed by atoms with Gasteiger partial charge in [-0.15, -0.1) is 0 Å². The van der Waals surface area contributed by atoms with E-state index in [0.29, 0.717) is 17.1 Å². The molecule has 2 aliphatic rings. The quantitative estimate of drug-likeness (QED) is 0.823. The molecule has 0 amide bonds. The summed E-state index contributed by atoms with van der Waals surface area (Å²) in [5.41, 5.74) is 4.51. The molecule has 2 N–H and O–H groups in total. The van der Waals surface area contributed by atoms with Gasteiger partial charge in [-0.2, -0.15) is 0 Å². The van der Waals surface area contributed by atoms with E-state index in [9.17, 15) is 10.2 Å². The molecule has 2 aromatic carbocycles. The van der Waals surface area contributed by atoms with Crippen molar-refractivity contribution in [1.29, 1.82) is 0 Å². The Labute approximate surface area is 152 Å². The molecule has 0 unspecified atom stereocenters. The molecule has 1 aliphatic heterocycles. The summed E-state index contributed by atoms with van der Waals surface area (Å²) in [6.45, 7) is 0.723. The number of methoxy groups -OCH3 is 3. The van der Waals surface area contributed by atoms with E-state index < -0.39 is 0 Å². The first-order valence-electron chi connectivity index (χ1n) is 8.57. The highest BCUT2D eigenvalue weighted by Gasteiger charge is 2.39. The number of rotatable bonds is 3. The summed E-state index contributed by atoms with van der Waals surface area (Å²) in [6.07, 6.45) is 0.630. The van der Waals surface area contributed by atoms with Crippen LogP contribution in [0.4, 0.5) is 0 Å². The van der Waals surface area contributed by atoms with Crippen LogP contribution >= 0.6 is 0 Å². The van der Waals surface area contributed by atoms with Gasteiger partial charge in [-0.1, -0.05) is 0 Å². The minimum atomic E-state index is -0.154. The monoisotopic (exact) mass is 357 g/mol. The fraction of sp³-hybridized carbons (Fsp3) is 0.400. The van der Waals surface area contributed by atoms with Crippen LogP contribution in [0, 0.1) is 0 Å². The number of hydrogen-bond acceptors (Lipinski definition) is 6. The molecule has 0 bridgehead atoms. The van der Waals surface area contributed by atoms with Crippen LogP contribution in [-0.2, 0) is 11.2 Å². The minimum absolute atomic E-state index is 0.100. The van der Waals surface area contributed by atoms with Crippen molar-refractivity contribution in [3.05, 3.63) is 34.9 Å². The Hall–Kier alpha value is -2.44. The Bertz CT molecular complexity index is 879. The number of hydrogen-bond donors (Lipinski definition) is 2.